The number of hydrogen-bond acceptors (Lipinski definition) is 7. The van der Waals surface area contributed by atoms with Crippen LogP contribution in [0, 0.1) is 11.8 Å². The van der Waals surface area contributed by atoms with Gasteiger partial charge in [-0.25, -0.2) is 0 Å². The second-order valence-electron chi connectivity index (χ2n) is 8.86. The van der Waals surface area contributed by atoms with Crippen LogP contribution in [0.3, 0.4) is 0 Å². The number of aliphatic hydroxyl groups is 1. The second-order valence-corrected chi connectivity index (χ2v) is 8.86. The Labute approximate surface area is 186 Å². The number of unbranched alkanes of at least 4 members (excludes halogenated alkanes) is 1. The zero-order valence-corrected chi connectivity index (χ0v) is 18.9. The molecule has 2 aliphatic heterocycles. The summed E-state index contributed by atoms with van der Waals surface area (Å²) in [6.45, 7) is 1.57. The van der Waals surface area contributed by atoms with Crippen LogP contribution < -0.4 is 0 Å². The van der Waals surface area contributed by atoms with E-state index in [2.05, 4.69) is 16.9 Å². The Bertz CT molecular complexity index is 540. The van der Waals surface area contributed by atoms with Gasteiger partial charge in [0.15, 0.2) is 12.6 Å². The maximum absolute atomic E-state index is 11.2. The number of ether oxygens (including phenoxy) is 5. The maximum atomic E-state index is 11.2. The summed E-state index contributed by atoms with van der Waals surface area (Å²) in [6.07, 6.45) is 13.7. The molecular formula is C24H40O7. The molecule has 7 heteroatoms. The Kier molecular flexibility index (Phi) is 10.8. The standard InChI is InChI=1S/C24H40O7/c1-27-22(26)11-5-3-2-4-10-18-19(17-25)21(31-24-13-7-9-15-29-24)16-20(18)30-23-12-6-8-14-28-23/h2,4,18-21,23-25H,3,5-17H2,1H3/t18-,19-,20+,21-,23?,24?/m1/s1. The first-order valence-electron chi connectivity index (χ1n) is 12.1. The van der Waals surface area contributed by atoms with Gasteiger partial charge in [0.1, 0.15) is 0 Å². The lowest BCUT2D eigenvalue weighted by atomic mass is 9.90. The summed E-state index contributed by atoms with van der Waals surface area (Å²) in [5.74, 6) is 0.00946. The lowest BCUT2D eigenvalue weighted by Crippen LogP contribution is -2.33. The first-order chi connectivity index (χ1) is 15.2. The van der Waals surface area contributed by atoms with Gasteiger partial charge in [-0.05, 0) is 63.7 Å². The molecule has 3 fully saturated rings. The van der Waals surface area contributed by atoms with E-state index in [1.54, 1.807) is 0 Å². The van der Waals surface area contributed by atoms with E-state index in [4.69, 9.17) is 18.9 Å². The number of allylic oxidation sites excluding steroid dienone is 2. The number of rotatable bonds is 11. The van der Waals surface area contributed by atoms with Crippen molar-refractivity contribution in [2.45, 2.75) is 95.4 Å². The smallest absolute Gasteiger partial charge is 0.305 e. The number of aliphatic hydroxyl groups excluding tert-OH is 1. The molecule has 0 aromatic heterocycles. The molecule has 0 bridgehead atoms. The molecule has 0 amide bonds. The minimum Gasteiger partial charge on any atom is -0.469 e. The maximum Gasteiger partial charge on any atom is 0.305 e. The van der Waals surface area contributed by atoms with Gasteiger partial charge >= 0.3 is 5.97 Å². The molecule has 31 heavy (non-hydrogen) atoms. The zero-order chi connectivity index (χ0) is 21.9. The average molecular weight is 441 g/mol. The van der Waals surface area contributed by atoms with Crippen LogP contribution in [0.5, 0.6) is 0 Å². The van der Waals surface area contributed by atoms with E-state index < -0.39 is 0 Å². The van der Waals surface area contributed by atoms with Crippen LogP contribution in [0.2, 0.25) is 0 Å². The lowest BCUT2D eigenvalue weighted by molar-refractivity contribution is -0.204. The zero-order valence-electron chi connectivity index (χ0n) is 18.9. The summed E-state index contributed by atoms with van der Waals surface area (Å²) in [5.41, 5.74) is 0. The van der Waals surface area contributed by atoms with Crippen molar-refractivity contribution in [1.82, 2.24) is 0 Å². The molecule has 178 valence electrons. The Morgan fingerprint density at radius 3 is 2.16 bits per heavy atom. The Hall–Kier alpha value is -0.990. The van der Waals surface area contributed by atoms with Gasteiger partial charge in [-0.2, -0.15) is 0 Å². The highest BCUT2D eigenvalue weighted by Crippen LogP contribution is 2.41. The van der Waals surface area contributed by atoms with Crippen molar-refractivity contribution in [3.8, 4) is 0 Å². The Morgan fingerprint density at radius 2 is 1.61 bits per heavy atom. The number of esters is 1. The van der Waals surface area contributed by atoms with Crippen LogP contribution in [-0.2, 0) is 28.5 Å². The van der Waals surface area contributed by atoms with Crippen LogP contribution in [0.4, 0.5) is 0 Å². The Morgan fingerprint density at radius 1 is 0.968 bits per heavy atom. The summed E-state index contributed by atoms with van der Waals surface area (Å²) in [7, 11) is 1.42. The third-order valence-electron chi connectivity index (χ3n) is 6.66. The minimum atomic E-state index is -0.174. The molecule has 3 aliphatic rings. The first-order valence-corrected chi connectivity index (χ1v) is 12.1. The molecule has 1 saturated carbocycles. The van der Waals surface area contributed by atoms with Crippen molar-refractivity contribution in [2.75, 3.05) is 26.9 Å². The molecule has 1 aliphatic carbocycles. The topological polar surface area (TPSA) is 83.5 Å². The largest absolute Gasteiger partial charge is 0.469 e. The predicted octanol–water partition coefficient (Wildman–Crippen LogP) is 3.73. The second kappa shape index (κ2) is 13.5. The van der Waals surface area contributed by atoms with Crippen LogP contribution in [-0.4, -0.2) is 62.8 Å². The number of carbonyl (C=O) groups excluding carboxylic acids is 1. The van der Waals surface area contributed by atoms with Crippen LogP contribution >= 0.6 is 0 Å². The molecular weight excluding hydrogens is 400 g/mol. The van der Waals surface area contributed by atoms with Crippen molar-refractivity contribution in [3.05, 3.63) is 12.2 Å². The van der Waals surface area contributed by atoms with Gasteiger partial charge in [0.05, 0.1) is 19.3 Å². The van der Waals surface area contributed by atoms with Crippen LogP contribution in [0.1, 0.15) is 70.6 Å². The van der Waals surface area contributed by atoms with Gasteiger partial charge in [0.2, 0.25) is 0 Å². The third kappa shape index (κ3) is 7.82. The third-order valence-corrected chi connectivity index (χ3v) is 6.66. The molecule has 0 aromatic rings. The highest BCUT2D eigenvalue weighted by Gasteiger charge is 2.45. The van der Waals surface area contributed by atoms with Gasteiger partial charge in [-0.1, -0.05) is 12.2 Å². The summed E-state index contributed by atoms with van der Waals surface area (Å²) in [4.78, 5) is 11.2. The van der Waals surface area contributed by atoms with Gasteiger partial charge in [-0.15, -0.1) is 0 Å². The monoisotopic (exact) mass is 440 g/mol. The normalized spacial score (nSPS) is 34.3. The molecule has 2 unspecified atom stereocenters. The summed E-state index contributed by atoms with van der Waals surface area (Å²) in [5, 5.41) is 10.2. The summed E-state index contributed by atoms with van der Waals surface area (Å²) < 4.78 is 29.0. The fourth-order valence-corrected chi connectivity index (χ4v) is 4.89. The van der Waals surface area contributed by atoms with Crippen molar-refractivity contribution in [3.63, 3.8) is 0 Å². The summed E-state index contributed by atoms with van der Waals surface area (Å²) >= 11 is 0. The van der Waals surface area contributed by atoms with Crippen molar-refractivity contribution >= 4 is 5.97 Å². The van der Waals surface area contributed by atoms with E-state index in [1.807, 2.05) is 0 Å². The SMILES string of the molecule is COC(=O)CCCC=CC[C@@H]1[C@@H](CO)[C@H](OC2CCCCO2)C[C@@H]1OC1CCCCO1. The first kappa shape index (κ1) is 24.6. The van der Waals surface area contributed by atoms with E-state index in [-0.39, 0.29) is 49.2 Å². The molecule has 2 heterocycles. The van der Waals surface area contributed by atoms with Gasteiger partial charge in [-0.3, -0.25) is 4.79 Å². The van der Waals surface area contributed by atoms with E-state index in [9.17, 15) is 9.90 Å². The number of carbonyl (C=O) groups is 1. The highest BCUT2D eigenvalue weighted by atomic mass is 16.7. The van der Waals surface area contributed by atoms with Gasteiger partial charge in [0, 0.05) is 38.6 Å². The number of methoxy groups -OCH3 is 1. The molecule has 0 radical (unpaired) electrons. The highest BCUT2D eigenvalue weighted by molar-refractivity contribution is 5.69. The van der Waals surface area contributed by atoms with E-state index >= 15 is 0 Å². The summed E-state index contributed by atoms with van der Waals surface area (Å²) in [6, 6.07) is 0. The molecule has 2 saturated heterocycles. The lowest BCUT2D eigenvalue weighted by Gasteiger charge is -2.30. The van der Waals surface area contributed by atoms with Crippen LogP contribution in [0.25, 0.3) is 0 Å². The average Bonchev–Trinajstić information content (AvgIpc) is 3.12. The predicted molar refractivity (Wildman–Crippen MR) is 115 cm³/mol. The molecule has 1 N–H and O–H groups in total. The quantitative estimate of drug-likeness (QED) is 0.298. The van der Waals surface area contributed by atoms with Crippen molar-refractivity contribution < 1.29 is 33.6 Å². The molecule has 3 rings (SSSR count). The fourth-order valence-electron chi connectivity index (χ4n) is 4.89. The van der Waals surface area contributed by atoms with Crippen LogP contribution in [0.15, 0.2) is 12.2 Å². The van der Waals surface area contributed by atoms with E-state index in [0.29, 0.717) is 6.42 Å². The van der Waals surface area contributed by atoms with E-state index in [1.165, 1.54) is 7.11 Å². The molecule has 6 atom stereocenters. The minimum absolute atomic E-state index is 0.00596. The Balaban J connectivity index is 1.57. The molecule has 7 nitrogen and oxygen atoms in total. The van der Waals surface area contributed by atoms with Gasteiger partial charge < -0.3 is 28.8 Å². The van der Waals surface area contributed by atoms with Crippen molar-refractivity contribution in [2.24, 2.45) is 11.8 Å². The molecule has 0 spiro atoms. The van der Waals surface area contributed by atoms with E-state index in [0.717, 1.165) is 77.4 Å². The fraction of sp³-hybridized carbons (Fsp3) is 0.875. The number of hydrogen-bond donors (Lipinski definition) is 1. The molecule has 0 aromatic carbocycles. The van der Waals surface area contributed by atoms with Crippen molar-refractivity contribution in [1.29, 1.82) is 0 Å². The van der Waals surface area contributed by atoms with Gasteiger partial charge in [0.25, 0.3) is 0 Å².